The zero-order valence-electron chi connectivity index (χ0n) is 13.3. The predicted octanol–water partition coefficient (Wildman–Crippen LogP) is 2.60. The summed E-state index contributed by atoms with van der Waals surface area (Å²) in [7, 11) is 0. The normalized spacial score (nSPS) is 10.6. The second-order valence-electron chi connectivity index (χ2n) is 5.45. The van der Waals surface area contributed by atoms with E-state index in [1.165, 1.54) is 0 Å². The molecule has 0 atom stereocenters. The van der Waals surface area contributed by atoms with Gasteiger partial charge in [-0.1, -0.05) is 13.8 Å². The van der Waals surface area contributed by atoms with E-state index in [4.69, 9.17) is 4.42 Å². The summed E-state index contributed by atoms with van der Waals surface area (Å²) in [4.78, 5) is 23.4. The number of carbonyl (C=O) groups excluding carboxylic acids is 2. The van der Waals surface area contributed by atoms with Crippen LogP contribution in [0.15, 0.2) is 47.1 Å². The van der Waals surface area contributed by atoms with Gasteiger partial charge in [0.2, 0.25) is 11.8 Å². The van der Waals surface area contributed by atoms with E-state index in [0.717, 1.165) is 5.76 Å². The van der Waals surface area contributed by atoms with Crippen LogP contribution in [0, 0.1) is 5.92 Å². The molecule has 1 aromatic carbocycles. The third kappa shape index (κ3) is 5.60. The molecule has 1 heterocycles. The molecule has 2 rings (SSSR count). The van der Waals surface area contributed by atoms with Crippen molar-refractivity contribution in [3.63, 3.8) is 0 Å². The van der Waals surface area contributed by atoms with Crippen LogP contribution in [0.25, 0.3) is 0 Å². The third-order valence-corrected chi connectivity index (χ3v) is 3.13. The summed E-state index contributed by atoms with van der Waals surface area (Å²) in [5.41, 5.74) is 1.38. The Balaban J connectivity index is 1.76. The molecule has 0 bridgehead atoms. The SMILES string of the molecule is CC(C)C(=O)Nc1ccc(NC(=O)CNCc2ccco2)cc1. The van der Waals surface area contributed by atoms with Crippen molar-refractivity contribution >= 4 is 23.2 Å². The van der Waals surface area contributed by atoms with Gasteiger partial charge in [0.1, 0.15) is 5.76 Å². The fraction of sp³-hybridized carbons (Fsp3) is 0.294. The fourth-order valence-corrected chi connectivity index (χ4v) is 1.84. The summed E-state index contributed by atoms with van der Waals surface area (Å²) in [5.74, 6) is 0.525. The van der Waals surface area contributed by atoms with Crippen LogP contribution >= 0.6 is 0 Å². The first-order valence-corrected chi connectivity index (χ1v) is 7.48. The Morgan fingerprint density at radius 2 is 1.70 bits per heavy atom. The van der Waals surface area contributed by atoms with E-state index < -0.39 is 0 Å². The first-order chi connectivity index (χ1) is 11.0. The van der Waals surface area contributed by atoms with E-state index >= 15 is 0 Å². The van der Waals surface area contributed by atoms with Gasteiger partial charge >= 0.3 is 0 Å². The highest BCUT2D eigenvalue weighted by molar-refractivity contribution is 5.94. The molecule has 0 aliphatic rings. The molecule has 0 aliphatic heterocycles. The maximum Gasteiger partial charge on any atom is 0.238 e. The molecule has 0 unspecified atom stereocenters. The number of furan rings is 1. The van der Waals surface area contributed by atoms with Crippen LogP contribution in [0.4, 0.5) is 11.4 Å². The Bertz CT molecular complexity index is 634. The molecule has 2 aromatic rings. The van der Waals surface area contributed by atoms with Crippen molar-refractivity contribution in [2.75, 3.05) is 17.2 Å². The van der Waals surface area contributed by atoms with Gasteiger partial charge in [0, 0.05) is 17.3 Å². The van der Waals surface area contributed by atoms with Gasteiger partial charge < -0.3 is 20.4 Å². The summed E-state index contributed by atoms with van der Waals surface area (Å²) < 4.78 is 5.17. The average Bonchev–Trinajstić information content (AvgIpc) is 3.02. The number of amides is 2. The molecule has 2 amide bonds. The molecule has 0 saturated carbocycles. The number of anilines is 2. The van der Waals surface area contributed by atoms with Crippen molar-refractivity contribution in [3.8, 4) is 0 Å². The van der Waals surface area contributed by atoms with Crippen LogP contribution in [0.5, 0.6) is 0 Å². The highest BCUT2D eigenvalue weighted by Gasteiger charge is 2.07. The highest BCUT2D eigenvalue weighted by Crippen LogP contribution is 2.14. The van der Waals surface area contributed by atoms with Crippen molar-refractivity contribution in [1.82, 2.24) is 5.32 Å². The lowest BCUT2D eigenvalue weighted by molar-refractivity contribution is -0.119. The maximum absolute atomic E-state index is 11.8. The number of carbonyl (C=O) groups is 2. The van der Waals surface area contributed by atoms with Crippen LogP contribution in [0.2, 0.25) is 0 Å². The van der Waals surface area contributed by atoms with Gasteiger partial charge in [0.15, 0.2) is 0 Å². The predicted molar refractivity (Wildman–Crippen MR) is 89.0 cm³/mol. The first kappa shape index (κ1) is 16.8. The quantitative estimate of drug-likeness (QED) is 0.733. The van der Waals surface area contributed by atoms with Crippen LogP contribution in [0.1, 0.15) is 19.6 Å². The lowest BCUT2D eigenvalue weighted by Gasteiger charge is -2.09. The summed E-state index contributed by atoms with van der Waals surface area (Å²) in [6.07, 6.45) is 1.59. The zero-order valence-corrected chi connectivity index (χ0v) is 13.3. The van der Waals surface area contributed by atoms with Gasteiger partial charge in [0.05, 0.1) is 19.4 Å². The summed E-state index contributed by atoms with van der Waals surface area (Å²) in [6.45, 7) is 4.35. The summed E-state index contributed by atoms with van der Waals surface area (Å²) >= 11 is 0. The molecule has 0 spiro atoms. The van der Waals surface area contributed by atoms with Crippen LogP contribution in [-0.2, 0) is 16.1 Å². The molecular formula is C17H21N3O3. The standard InChI is InChI=1S/C17H21N3O3/c1-12(2)17(22)20-14-7-5-13(6-8-14)19-16(21)11-18-10-15-4-3-9-23-15/h3-9,12,18H,10-11H2,1-2H3,(H,19,21)(H,20,22). The topological polar surface area (TPSA) is 83.4 Å². The van der Waals surface area contributed by atoms with Gasteiger partial charge in [-0.25, -0.2) is 0 Å². The van der Waals surface area contributed by atoms with Crippen LogP contribution in [-0.4, -0.2) is 18.4 Å². The van der Waals surface area contributed by atoms with E-state index in [0.29, 0.717) is 17.9 Å². The smallest absolute Gasteiger partial charge is 0.238 e. The van der Waals surface area contributed by atoms with Gasteiger partial charge in [-0.15, -0.1) is 0 Å². The highest BCUT2D eigenvalue weighted by atomic mass is 16.3. The lowest BCUT2D eigenvalue weighted by atomic mass is 10.2. The molecule has 6 heteroatoms. The van der Waals surface area contributed by atoms with Crippen molar-refractivity contribution in [1.29, 1.82) is 0 Å². The van der Waals surface area contributed by atoms with Crippen molar-refractivity contribution < 1.29 is 14.0 Å². The van der Waals surface area contributed by atoms with E-state index in [1.807, 2.05) is 19.9 Å². The van der Waals surface area contributed by atoms with Crippen LogP contribution < -0.4 is 16.0 Å². The minimum Gasteiger partial charge on any atom is -0.468 e. The molecule has 1 aromatic heterocycles. The van der Waals surface area contributed by atoms with E-state index in [2.05, 4.69) is 16.0 Å². The molecule has 122 valence electrons. The minimum atomic E-state index is -0.143. The van der Waals surface area contributed by atoms with Crippen molar-refractivity contribution in [2.24, 2.45) is 5.92 Å². The Morgan fingerprint density at radius 1 is 1.04 bits per heavy atom. The maximum atomic E-state index is 11.8. The van der Waals surface area contributed by atoms with Crippen molar-refractivity contribution in [3.05, 3.63) is 48.4 Å². The molecule has 6 nitrogen and oxygen atoms in total. The number of hydrogen-bond donors (Lipinski definition) is 3. The van der Waals surface area contributed by atoms with Gasteiger partial charge in [0.25, 0.3) is 0 Å². The van der Waals surface area contributed by atoms with E-state index in [1.54, 1.807) is 36.6 Å². The van der Waals surface area contributed by atoms with Gasteiger partial charge in [-0.3, -0.25) is 9.59 Å². The largest absolute Gasteiger partial charge is 0.468 e. The monoisotopic (exact) mass is 315 g/mol. The molecule has 0 fully saturated rings. The fourth-order valence-electron chi connectivity index (χ4n) is 1.84. The molecule has 3 N–H and O–H groups in total. The third-order valence-electron chi connectivity index (χ3n) is 3.13. The second kappa shape index (κ2) is 8.14. The molecule has 0 radical (unpaired) electrons. The summed E-state index contributed by atoms with van der Waals surface area (Å²) in [6, 6.07) is 10.7. The Hall–Kier alpha value is -2.60. The van der Waals surface area contributed by atoms with Gasteiger partial charge in [-0.05, 0) is 36.4 Å². The van der Waals surface area contributed by atoms with Gasteiger partial charge in [-0.2, -0.15) is 0 Å². The first-order valence-electron chi connectivity index (χ1n) is 7.48. The molecule has 0 saturated heterocycles. The van der Waals surface area contributed by atoms with E-state index in [-0.39, 0.29) is 24.3 Å². The summed E-state index contributed by atoms with van der Waals surface area (Å²) in [5, 5.41) is 8.57. The van der Waals surface area contributed by atoms with Crippen molar-refractivity contribution in [2.45, 2.75) is 20.4 Å². The van der Waals surface area contributed by atoms with E-state index in [9.17, 15) is 9.59 Å². The number of hydrogen-bond acceptors (Lipinski definition) is 4. The lowest BCUT2D eigenvalue weighted by Crippen LogP contribution is -2.27. The Morgan fingerprint density at radius 3 is 2.26 bits per heavy atom. The zero-order chi connectivity index (χ0) is 16.7. The van der Waals surface area contributed by atoms with Crippen LogP contribution in [0.3, 0.4) is 0 Å². The molecule has 23 heavy (non-hydrogen) atoms. The Labute approximate surface area is 135 Å². The Kier molecular flexibility index (Phi) is 5.94. The minimum absolute atomic E-state index is 0.0380. The number of rotatable bonds is 7. The number of nitrogens with one attached hydrogen (secondary N) is 3. The number of benzene rings is 1. The molecular weight excluding hydrogens is 294 g/mol. The average molecular weight is 315 g/mol. The second-order valence-corrected chi connectivity index (χ2v) is 5.45. The molecule has 0 aliphatic carbocycles.